The van der Waals surface area contributed by atoms with Crippen molar-refractivity contribution in [3.63, 3.8) is 0 Å². The Balaban J connectivity index is 1.02. The van der Waals surface area contributed by atoms with Crippen LogP contribution in [0.15, 0.2) is 161 Å². The van der Waals surface area contributed by atoms with Crippen LogP contribution in [0.5, 0.6) is 0 Å². The molecule has 0 aliphatic heterocycles. The Kier molecular flexibility index (Phi) is 7.64. The van der Waals surface area contributed by atoms with Gasteiger partial charge in [0.1, 0.15) is 22.5 Å². The maximum absolute atomic E-state index is 6.57. The minimum atomic E-state index is 0.408. The Morgan fingerprint density at radius 1 is 0.525 bits per heavy atom. The number of fused-ring (bicyclic) bond motifs is 8. The summed E-state index contributed by atoms with van der Waals surface area (Å²) in [7, 11) is 0. The third-order valence-corrected chi connectivity index (χ3v) is 12.2. The van der Waals surface area contributed by atoms with Gasteiger partial charge in [-0.05, 0) is 100 Å². The highest BCUT2D eigenvalue weighted by Crippen LogP contribution is 2.43. The number of hydrogen-bond donors (Lipinski definition) is 0. The van der Waals surface area contributed by atoms with Gasteiger partial charge in [0.05, 0.1) is 0 Å². The van der Waals surface area contributed by atoms with Crippen LogP contribution in [0.25, 0.3) is 112 Å². The molecule has 0 N–H and O–H groups in total. The van der Waals surface area contributed by atoms with Crippen LogP contribution >= 0.6 is 0 Å². The molecule has 1 atom stereocenters. The van der Waals surface area contributed by atoms with Crippen molar-refractivity contribution in [2.24, 2.45) is 0 Å². The molecule has 0 amide bonds. The van der Waals surface area contributed by atoms with Gasteiger partial charge in [-0.1, -0.05) is 134 Å². The second-order valence-electron chi connectivity index (χ2n) is 15.9. The second-order valence-corrected chi connectivity index (χ2v) is 15.9. The molecular weight excluding hydrogens is 723 g/mol. The van der Waals surface area contributed by atoms with Crippen LogP contribution in [0.4, 0.5) is 0 Å². The zero-order chi connectivity index (χ0) is 39.0. The Labute approximate surface area is 341 Å². The van der Waals surface area contributed by atoms with Crippen molar-refractivity contribution >= 4 is 55.8 Å². The van der Waals surface area contributed by atoms with Crippen molar-refractivity contribution in [2.75, 3.05) is 0 Å². The lowest BCUT2D eigenvalue weighted by atomic mass is 9.90. The van der Waals surface area contributed by atoms with E-state index >= 15 is 0 Å². The van der Waals surface area contributed by atoms with Gasteiger partial charge in [-0.3, -0.25) is 0 Å². The number of furan rings is 2. The van der Waals surface area contributed by atoms with Crippen molar-refractivity contribution in [3.05, 3.63) is 174 Å². The number of rotatable bonds is 5. The highest BCUT2D eigenvalue weighted by atomic mass is 16.3. The number of benzene rings is 7. The van der Waals surface area contributed by atoms with E-state index in [1.54, 1.807) is 0 Å². The van der Waals surface area contributed by atoms with Crippen LogP contribution in [-0.4, -0.2) is 15.0 Å². The second kappa shape index (κ2) is 13.4. The Hall–Kier alpha value is -7.37. The van der Waals surface area contributed by atoms with E-state index in [0.29, 0.717) is 23.4 Å². The molecule has 280 valence electrons. The summed E-state index contributed by atoms with van der Waals surface area (Å²) in [6.07, 6.45) is 11.8. The standard InChI is InChI=1S/C54H37N3O2/c1-32-9-6-17-47-49(32)43-15-7-14-42(51(43)59-47)40-27-28-46-45(31-40)50-44(16-8-18-48(50)58-46)54-56-52(55-53(57-54)41-26-22-34-11-3-5-13-38(34)30-41)36-23-19-35(20-24-36)39-25-21-33-10-2-4-12-37(33)29-39/h2-4,6-8,10-12,14-32H,5,9,13H2,1H3. The fourth-order valence-electron chi connectivity index (χ4n) is 9.20. The molecular formula is C54H37N3O2. The number of para-hydroxylation sites is 1. The highest BCUT2D eigenvalue weighted by molar-refractivity contribution is 6.13. The number of hydrogen-bond acceptors (Lipinski definition) is 5. The first kappa shape index (κ1) is 33.7. The SMILES string of the molecule is CC1CC=Cc2oc3c(-c4ccc5oc6cccc(-c7nc(-c8ccc(-c9ccc%10ccccc%10c9)cc8)nc(-c8ccc9c(c8)CCC=C9)n7)c6c5c4)cccc3c21. The maximum atomic E-state index is 6.57. The fraction of sp³-hybridized carbons (Fsp3) is 0.0926. The number of nitrogens with zero attached hydrogens (tertiary/aromatic N) is 3. The van der Waals surface area contributed by atoms with E-state index in [1.807, 2.05) is 12.1 Å². The average Bonchev–Trinajstić information content (AvgIpc) is 3.88. The molecule has 0 bridgehead atoms. The molecule has 2 aliphatic rings. The molecule has 59 heavy (non-hydrogen) atoms. The van der Waals surface area contributed by atoms with Gasteiger partial charge in [-0.2, -0.15) is 0 Å². The molecule has 3 heterocycles. The first-order valence-electron chi connectivity index (χ1n) is 20.4. The zero-order valence-electron chi connectivity index (χ0n) is 32.4. The molecule has 2 aliphatic carbocycles. The third kappa shape index (κ3) is 5.65. The Bertz CT molecular complexity index is 3380. The van der Waals surface area contributed by atoms with Crippen LogP contribution in [0.3, 0.4) is 0 Å². The summed E-state index contributed by atoms with van der Waals surface area (Å²) < 4.78 is 13.1. The lowest BCUT2D eigenvalue weighted by Crippen LogP contribution is -2.02. The van der Waals surface area contributed by atoms with Gasteiger partial charge < -0.3 is 8.83 Å². The normalized spacial score (nSPS) is 14.7. The molecule has 7 aromatic carbocycles. The van der Waals surface area contributed by atoms with Gasteiger partial charge in [-0.25, -0.2) is 15.0 Å². The zero-order valence-corrected chi connectivity index (χ0v) is 32.4. The molecule has 1 unspecified atom stereocenters. The van der Waals surface area contributed by atoms with Crippen LogP contribution in [0.1, 0.15) is 48.1 Å². The van der Waals surface area contributed by atoms with Crippen molar-refractivity contribution in [2.45, 2.75) is 32.1 Å². The predicted octanol–water partition coefficient (Wildman–Crippen LogP) is 14.5. The van der Waals surface area contributed by atoms with E-state index in [1.165, 1.54) is 38.4 Å². The van der Waals surface area contributed by atoms with E-state index in [2.05, 4.69) is 159 Å². The molecule has 3 aromatic heterocycles. The largest absolute Gasteiger partial charge is 0.456 e. The van der Waals surface area contributed by atoms with Crippen molar-refractivity contribution in [1.29, 1.82) is 0 Å². The van der Waals surface area contributed by atoms with Crippen LogP contribution < -0.4 is 0 Å². The summed E-state index contributed by atoms with van der Waals surface area (Å²) in [4.78, 5) is 15.6. The number of allylic oxidation sites excluding steroid dienone is 2. The molecule has 12 rings (SSSR count). The van der Waals surface area contributed by atoms with E-state index in [-0.39, 0.29) is 0 Å². The van der Waals surface area contributed by atoms with E-state index in [0.717, 1.165) is 85.9 Å². The van der Waals surface area contributed by atoms with Crippen molar-refractivity contribution in [3.8, 4) is 56.4 Å². The maximum Gasteiger partial charge on any atom is 0.164 e. The molecule has 0 fully saturated rings. The van der Waals surface area contributed by atoms with Crippen LogP contribution in [-0.2, 0) is 6.42 Å². The average molecular weight is 760 g/mol. The Morgan fingerprint density at radius 2 is 1.29 bits per heavy atom. The summed E-state index contributed by atoms with van der Waals surface area (Å²) >= 11 is 0. The molecule has 5 nitrogen and oxygen atoms in total. The summed E-state index contributed by atoms with van der Waals surface area (Å²) in [6, 6.07) is 49.3. The van der Waals surface area contributed by atoms with Gasteiger partial charge in [0.25, 0.3) is 0 Å². The summed E-state index contributed by atoms with van der Waals surface area (Å²) in [6.45, 7) is 2.28. The predicted molar refractivity (Wildman–Crippen MR) is 241 cm³/mol. The summed E-state index contributed by atoms with van der Waals surface area (Å²) in [5, 5.41) is 5.60. The lowest BCUT2D eigenvalue weighted by molar-refractivity contribution is 0.587. The smallest absolute Gasteiger partial charge is 0.164 e. The monoisotopic (exact) mass is 759 g/mol. The highest BCUT2D eigenvalue weighted by Gasteiger charge is 2.24. The lowest BCUT2D eigenvalue weighted by Gasteiger charge is -2.13. The van der Waals surface area contributed by atoms with Gasteiger partial charge in [0, 0.05) is 44.0 Å². The molecule has 0 saturated carbocycles. The molecule has 0 radical (unpaired) electrons. The minimum Gasteiger partial charge on any atom is -0.456 e. The molecule has 0 saturated heterocycles. The molecule has 10 aromatic rings. The summed E-state index contributed by atoms with van der Waals surface area (Å²) in [5.74, 6) is 3.23. The van der Waals surface area contributed by atoms with Crippen LogP contribution in [0.2, 0.25) is 0 Å². The number of aryl methyl sites for hydroxylation is 1. The third-order valence-electron chi connectivity index (χ3n) is 12.2. The fourth-order valence-corrected chi connectivity index (χ4v) is 9.20. The van der Waals surface area contributed by atoms with Gasteiger partial charge in [-0.15, -0.1) is 0 Å². The topological polar surface area (TPSA) is 65.0 Å². The van der Waals surface area contributed by atoms with Gasteiger partial charge in [0.2, 0.25) is 0 Å². The van der Waals surface area contributed by atoms with Gasteiger partial charge >= 0.3 is 0 Å². The van der Waals surface area contributed by atoms with Crippen molar-refractivity contribution < 1.29 is 8.83 Å². The van der Waals surface area contributed by atoms with Crippen LogP contribution in [0, 0.1) is 0 Å². The molecule has 0 spiro atoms. The first-order valence-corrected chi connectivity index (χ1v) is 20.4. The molecule has 5 heteroatoms. The van der Waals surface area contributed by atoms with E-state index in [4.69, 9.17) is 23.8 Å². The number of aromatic nitrogens is 3. The summed E-state index contributed by atoms with van der Waals surface area (Å²) in [5.41, 5.74) is 13.6. The van der Waals surface area contributed by atoms with E-state index in [9.17, 15) is 0 Å². The Morgan fingerprint density at radius 3 is 2.20 bits per heavy atom. The van der Waals surface area contributed by atoms with E-state index < -0.39 is 0 Å². The quantitative estimate of drug-likeness (QED) is 0.175. The minimum absolute atomic E-state index is 0.408. The van der Waals surface area contributed by atoms with Gasteiger partial charge in [0.15, 0.2) is 17.5 Å². The first-order chi connectivity index (χ1) is 29.1. The van der Waals surface area contributed by atoms with Crippen molar-refractivity contribution in [1.82, 2.24) is 15.0 Å².